The highest BCUT2D eigenvalue weighted by molar-refractivity contribution is 5.99. The maximum atomic E-state index is 12.3. The third-order valence-electron chi connectivity index (χ3n) is 3.44. The van der Waals surface area contributed by atoms with E-state index in [4.69, 9.17) is 18.7 Å². The summed E-state index contributed by atoms with van der Waals surface area (Å²) in [5, 5.41) is 17.2. The number of carbonyl (C=O) groups excluding carboxylic acids is 2. The molecular weight excluding hydrogens is 350 g/mol. The summed E-state index contributed by atoms with van der Waals surface area (Å²) in [7, 11) is 0. The molecule has 0 aliphatic carbocycles. The van der Waals surface area contributed by atoms with Crippen molar-refractivity contribution < 1.29 is 33.2 Å². The van der Waals surface area contributed by atoms with Crippen molar-refractivity contribution in [1.29, 1.82) is 0 Å². The van der Waals surface area contributed by atoms with Gasteiger partial charge in [-0.05, 0) is 13.8 Å². The first-order valence-electron chi connectivity index (χ1n) is 7.38. The summed E-state index contributed by atoms with van der Waals surface area (Å²) in [6, 6.07) is 3.70. The van der Waals surface area contributed by atoms with Gasteiger partial charge in [-0.25, -0.2) is 4.79 Å². The highest BCUT2D eigenvalue weighted by atomic mass is 16.7. The number of aryl methyl sites for hydroxylation is 1. The number of rotatable bonds is 5. The average molecular weight is 363 g/mol. The molecule has 1 amide bonds. The smallest absolute Gasteiger partial charge is 0.346 e. The number of amides is 1. The van der Waals surface area contributed by atoms with Gasteiger partial charge in [-0.15, -0.1) is 0 Å². The second-order valence-electron chi connectivity index (χ2n) is 5.34. The Morgan fingerprint density at radius 1 is 1.31 bits per heavy atom. The molecule has 2 aromatic rings. The number of carbonyl (C=O) groups is 2. The second kappa shape index (κ2) is 6.70. The third-order valence-corrected chi connectivity index (χ3v) is 3.44. The summed E-state index contributed by atoms with van der Waals surface area (Å²) in [6.45, 7) is 2.85. The number of nitrogens with zero attached hydrogens (tertiary/aromatic N) is 2. The fraction of sp³-hybridized carbons (Fsp3) is 0.267. The van der Waals surface area contributed by atoms with E-state index in [-0.39, 0.29) is 29.7 Å². The largest absolute Gasteiger partial charge is 0.454 e. The van der Waals surface area contributed by atoms with Crippen LogP contribution < -0.4 is 14.8 Å². The summed E-state index contributed by atoms with van der Waals surface area (Å²) in [4.78, 5) is 34.8. The van der Waals surface area contributed by atoms with Gasteiger partial charge in [0.05, 0.1) is 11.0 Å². The molecule has 1 atom stereocenters. The van der Waals surface area contributed by atoms with E-state index in [0.29, 0.717) is 5.76 Å². The van der Waals surface area contributed by atoms with Crippen LogP contribution in [0.15, 0.2) is 22.7 Å². The van der Waals surface area contributed by atoms with Crippen molar-refractivity contribution in [2.45, 2.75) is 20.0 Å². The van der Waals surface area contributed by atoms with Gasteiger partial charge in [0.1, 0.15) is 11.3 Å². The predicted octanol–water partition coefficient (Wildman–Crippen LogP) is 1.80. The van der Waals surface area contributed by atoms with E-state index in [1.54, 1.807) is 6.92 Å². The molecule has 26 heavy (non-hydrogen) atoms. The molecule has 0 bridgehead atoms. The van der Waals surface area contributed by atoms with Crippen LogP contribution in [0.1, 0.15) is 23.0 Å². The molecule has 0 saturated heterocycles. The van der Waals surface area contributed by atoms with Crippen LogP contribution in [0.2, 0.25) is 0 Å². The number of esters is 1. The minimum atomic E-state index is -1.23. The van der Waals surface area contributed by atoms with E-state index in [1.807, 2.05) is 0 Å². The van der Waals surface area contributed by atoms with Crippen LogP contribution in [0, 0.1) is 17.0 Å². The monoisotopic (exact) mass is 363 g/mol. The number of hydrogen-bond donors (Lipinski definition) is 1. The zero-order valence-electron chi connectivity index (χ0n) is 13.7. The highest BCUT2D eigenvalue weighted by Crippen LogP contribution is 2.38. The van der Waals surface area contributed by atoms with Crippen LogP contribution in [-0.2, 0) is 9.53 Å². The lowest BCUT2D eigenvalue weighted by atomic mass is 10.1. The molecule has 3 rings (SSSR count). The van der Waals surface area contributed by atoms with Gasteiger partial charge in [0.2, 0.25) is 6.79 Å². The summed E-state index contributed by atoms with van der Waals surface area (Å²) in [5.74, 6) is -0.743. The molecule has 2 heterocycles. The molecule has 1 aliphatic rings. The SMILES string of the molecule is Cc1cc(NC(=O)[C@H](C)OC(=O)c2cc3c(cc2[N+](=O)[O-])OCO3)no1. The van der Waals surface area contributed by atoms with Gasteiger partial charge in [0.25, 0.3) is 11.6 Å². The molecule has 0 spiro atoms. The lowest BCUT2D eigenvalue weighted by Gasteiger charge is -2.12. The number of hydrogen-bond acceptors (Lipinski definition) is 9. The Labute approximate surface area is 146 Å². The molecular formula is C15H13N3O8. The minimum Gasteiger partial charge on any atom is -0.454 e. The van der Waals surface area contributed by atoms with Crippen LogP contribution in [0.3, 0.4) is 0 Å². The Morgan fingerprint density at radius 2 is 2.00 bits per heavy atom. The maximum Gasteiger partial charge on any atom is 0.346 e. The molecule has 0 saturated carbocycles. The Morgan fingerprint density at radius 3 is 2.62 bits per heavy atom. The number of fused-ring (bicyclic) bond motifs is 1. The first kappa shape index (κ1) is 17.2. The number of nitro benzene ring substituents is 1. The molecule has 0 unspecified atom stereocenters. The fourth-order valence-corrected chi connectivity index (χ4v) is 2.18. The number of nitrogens with one attached hydrogen (secondary N) is 1. The van der Waals surface area contributed by atoms with Crippen LogP contribution in [-0.4, -0.2) is 34.9 Å². The number of ether oxygens (including phenoxy) is 3. The molecule has 0 fully saturated rings. The van der Waals surface area contributed by atoms with Crippen LogP contribution in [0.25, 0.3) is 0 Å². The quantitative estimate of drug-likeness (QED) is 0.477. The molecule has 1 aromatic carbocycles. The first-order chi connectivity index (χ1) is 12.3. The lowest BCUT2D eigenvalue weighted by molar-refractivity contribution is -0.385. The Bertz CT molecular complexity index is 891. The van der Waals surface area contributed by atoms with E-state index in [0.717, 1.165) is 12.1 Å². The van der Waals surface area contributed by atoms with Crippen molar-refractivity contribution in [2.24, 2.45) is 0 Å². The standard InChI is InChI=1S/C15H13N3O8/c1-7-3-13(17-26-7)16-14(19)8(2)25-15(20)9-4-11-12(24-6-23-11)5-10(9)18(21)22/h3-5,8H,6H2,1-2H3,(H,16,17,19)/t8-/m0/s1. The molecule has 11 nitrogen and oxygen atoms in total. The summed E-state index contributed by atoms with van der Waals surface area (Å²) >= 11 is 0. The van der Waals surface area contributed by atoms with Crippen LogP contribution >= 0.6 is 0 Å². The van der Waals surface area contributed by atoms with Gasteiger partial charge in [-0.1, -0.05) is 5.16 Å². The van der Waals surface area contributed by atoms with Gasteiger partial charge in [-0.3, -0.25) is 14.9 Å². The topological polar surface area (TPSA) is 143 Å². The van der Waals surface area contributed by atoms with E-state index in [2.05, 4.69) is 10.5 Å². The van der Waals surface area contributed by atoms with Crippen molar-refractivity contribution in [3.8, 4) is 11.5 Å². The Hall–Kier alpha value is -3.63. The minimum absolute atomic E-state index is 0.110. The van der Waals surface area contributed by atoms with Crippen molar-refractivity contribution in [3.63, 3.8) is 0 Å². The van der Waals surface area contributed by atoms with Gasteiger partial charge >= 0.3 is 5.97 Å². The Kier molecular flexibility index (Phi) is 4.43. The van der Waals surface area contributed by atoms with Gasteiger partial charge in [-0.2, -0.15) is 0 Å². The molecule has 1 N–H and O–H groups in total. The Balaban J connectivity index is 1.75. The predicted molar refractivity (Wildman–Crippen MR) is 84.0 cm³/mol. The van der Waals surface area contributed by atoms with Crippen molar-refractivity contribution in [3.05, 3.63) is 39.6 Å². The summed E-state index contributed by atoms with van der Waals surface area (Å²) in [5.41, 5.74) is -0.866. The number of anilines is 1. The van der Waals surface area contributed by atoms with Gasteiger partial charge < -0.3 is 24.1 Å². The van der Waals surface area contributed by atoms with Crippen LogP contribution in [0.5, 0.6) is 11.5 Å². The van der Waals surface area contributed by atoms with E-state index in [9.17, 15) is 19.7 Å². The van der Waals surface area contributed by atoms with Gasteiger partial charge in [0, 0.05) is 12.1 Å². The summed E-state index contributed by atoms with van der Waals surface area (Å²) < 4.78 is 20.0. The summed E-state index contributed by atoms with van der Waals surface area (Å²) in [6.07, 6.45) is -1.23. The molecule has 136 valence electrons. The van der Waals surface area contributed by atoms with Gasteiger partial charge in [0.15, 0.2) is 23.4 Å². The lowest BCUT2D eigenvalue weighted by Crippen LogP contribution is -2.30. The third kappa shape index (κ3) is 3.41. The molecule has 11 heteroatoms. The number of nitro groups is 1. The fourth-order valence-electron chi connectivity index (χ4n) is 2.18. The zero-order valence-corrected chi connectivity index (χ0v) is 13.7. The van der Waals surface area contributed by atoms with E-state index < -0.39 is 28.6 Å². The van der Waals surface area contributed by atoms with Crippen molar-refractivity contribution in [1.82, 2.24) is 5.16 Å². The molecule has 0 radical (unpaired) electrons. The highest BCUT2D eigenvalue weighted by Gasteiger charge is 2.30. The van der Waals surface area contributed by atoms with Crippen LogP contribution in [0.4, 0.5) is 11.5 Å². The van der Waals surface area contributed by atoms with E-state index in [1.165, 1.54) is 13.0 Å². The number of aromatic nitrogens is 1. The number of benzene rings is 1. The van der Waals surface area contributed by atoms with Crippen molar-refractivity contribution in [2.75, 3.05) is 12.1 Å². The first-order valence-corrected chi connectivity index (χ1v) is 7.38. The molecule has 1 aliphatic heterocycles. The average Bonchev–Trinajstić information content (AvgIpc) is 3.21. The normalized spacial score (nSPS) is 13.2. The van der Waals surface area contributed by atoms with E-state index >= 15 is 0 Å². The maximum absolute atomic E-state index is 12.3. The molecule has 1 aromatic heterocycles. The zero-order chi connectivity index (χ0) is 18.8. The second-order valence-corrected chi connectivity index (χ2v) is 5.34. The van der Waals surface area contributed by atoms with Crippen molar-refractivity contribution >= 4 is 23.4 Å².